The molecule has 0 unspecified atom stereocenters. The SMILES string of the molecule is CCOC(=O)[C@@H]1CCCCN1CC(=O)Nc1nc2ccccc2[nH]1. The standard InChI is InChI=1S/C17H22N4O3/c1-2-24-16(23)14-9-5-6-10-21(14)11-15(22)20-17-18-12-7-3-4-8-13(12)19-17/h3-4,7-8,14H,2,5-6,9-11H2,1H3,(H2,18,19,20,22)/t14-/m0/s1. The maximum Gasteiger partial charge on any atom is 0.323 e. The molecule has 0 radical (unpaired) electrons. The third-order valence-corrected chi connectivity index (χ3v) is 4.17. The molecule has 2 N–H and O–H groups in total. The number of benzene rings is 1. The van der Waals surface area contributed by atoms with Crippen LogP contribution in [0.25, 0.3) is 11.0 Å². The minimum absolute atomic E-state index is 0.153. The van der Waals surface area contributed by atoms with E-state index in [1.54, 1.807) is 6.92 Å². The Morgan fingerprint density at radius 3 is 3.00 bits per heavy atom. The zero-order valence-corrected chi connectivity index (χ0v) is 13.7. The summed E-state index contributed by atoms with van der Waals surface area (Å²) in [6.45, 7) is 3.02. The summed E-state index contributed by atoms with van der Waals surface area (Å²) < 4.78 is 5.12. The molecule has 1 amide bonds. The molecule has 1 aliphatic rings. The number of imidazole rings is 1. The van der Waals surface area contributed by atoms with Gasteiger partial charge < -0.3 is 9.72 Å². The quantitative estimate of drug-likeness (QED) is 0.818. The Hall–Kier alpha value is -2.41. The van der Waals surface area contributed by atoms with Crippen molar-refractivity contribution >= 4 is 28.9 Å². The van der Waals surface area contributed by atoms with Gasteiger partial charge in [-0.3, -0.25) is 19.8 Å². The number of carbonyl (C=O) groups excluding carboxylic acids is 2. The number of H-pyrrole nitrogens is 1. The highest BCUT2D eigenvalue weighted by molar-refractivity contribution is 5.92. The number of piperidine rings is 1. The zero-order valence-electron chi connectivity index (χ0n) is 13.7. The average molecular weight is 330 g/mol. The van der Waals surface area contributed by atoms with E-state index in [1.165, 1.54) is 0 Å². The minimum atomic E-state index is -0.333. The molecule has 0 bridgehead atoms. The van der Waals surface area contributed by atoms with Crippen molar-refractivity contribution in [3.05, 3.63) is 24.3 Å². The number of aromatic nitrogens is 2. The summed E-state index contributed by atoms with van der Waals surface area (Å²) in [5.41, 5.74) is 1.67. The first-order chi connectivity index (χ1) is 11.7. The molecule has 0 saturated carbocycles. The van der Waals surface area contributed by atoms with E-state index in [4.69, 9.17) is 4.74 Å². The van der Waals surface area contributed by atoms with Crippen LogP contribution >= 0.6 is 0 Å². The van der Waals surface area contributed by atoms with Crippen molar-refractivity contribution in [2.24, 2.45) is 0 Å². The Balaban J connectivity index is 1.63. The summed E-state index contributed by atoms with van der Waals surface area (Å²) in [4.78, 5) is 33.7. The van der Waals surface area contributed by atoms with E-state index in [1.807, 2.05) is 29.2 Å². The molecule has 2 aromatic rings. The summed E-state index contributed by atoms with van der Waals surface area (Å²) in [5.74, 6) is -0.00936. The molecule has 0 aliphatic carbocycles. The summed E-state index contributed by atoms with van der Waals surface area (Å²) in [6, 6.07) is 7.25. The predicted octanol–water partition coefficient (Wildman–Crippen LogP) is 1.92. The summed E-state index contributed by atoms with van der Waals surface area (Å²) in [5, 5.41) is 2.77. The van der Waals surface area contributed by atoms with Crippen LogP contribution in [0.1, 0.15) is 26.2 Å². The molecule has 1 aliphatic heterocycles. The molecule has 24 heavy (non-hydrogen) atoms. The molecule has 0 spiro atoms. The van der Waals surface area contributed by atoms with Crippen molar-refractivity contribution in [2.45, 2.75) is 32.2 Å². The van der Waals surface area contributed by atoms with Crippen LogP contribution in [0, 0.1) is 0 Å². The fraction of sp³-hybridized carbons (Fsp3) is 0.471. The Bertz CT molecular complexity index is 694. The number of ether oxygens (including phenoxy) is 1. The van der Waals surface area contributed by atoms with Crippen LogP contribution in [0.3, 0.4) is 0 Å². The smallest absolute Gasteiger partial charge is 0.323 e. The fourth-order valence-electron chi connectivity index (χ4n) is 3.05. The Kier molecular flexibility index (Phi) is 5.10. The molecule has 1 saturated heterocycles. The lowest BCUT2D eigenvalue weighted by molar-refractivity contribution is -0.151. The number of esters is 1. The molecule has 1 aromatic heterocycles. The zero-order chi connectivity index (χ0) is 16.9. The lowest BCUT2D eigenvalue weighted by atomic mass is 10.0. The van der Waals surface area contributed by atoms with Crippen molar-refractivity contribution < 1.29 is 14.3 Å². The number of nitrogens with one attached hydrogen (secondary N) is 2. The Labute approximate surface area is 140 Å². The highest BCUT2D eigenvalue weighted by atomic mass is 16.5. The maximum atomic E-state index is 12.3. The van der Waals surface area contributed by atoms with E-state index in [0.717, 1.165) is 36.8 Å². The van der Waals surface area contributed by atoms with E-state index in [0.29, 0.717) is 12.6 Å². The highest BCUT2D eigenvalue weighted by Crippen LogP contribution is 2.18. The first kappa shape index (κ1) is 16.4. The normalized spacial score (nSPS) is 18.5. The van der Waals surface area contributed by atoms with Gasteiger partial charge in [0.15, 0.2) is 0 Å². The van der Waals surface area contributed by atoms with E-state index < -0.39 is 0 Å². The Morgan fingerprint density at radius 1 is 1.38 bits per heavy atom. The number of amides is 1. The molecule has 7 heteroatoms. The molecule has 7 nitrogen and oxygen atoms in total. The second kappa shape index (κ2) is 7.44. The number of likely N-dealkylation sites (tertiary alicyclic amines) is 1. The van der Waals surface area contributed by atoms with Gasteiger partial charge in [-0.2, -0.15) is 0 Å². The molecule has 1 fully saturated rings. The summed E-state index contributed by atoms with van der Waals surface area (Å²) >= 11 is 0. The molecule has 3 rings (SSSR count). The van der Waals surface area contributed by atoms with Crippen molar-refractivity contribution in [2.75, 3.05) is 25.0 Å². The second-order valence-corrected chi connectivity index (χ2v) is 5.88. The van der Waals surface area contributed by atoms with Gasteiger partial charge in [-0.15, -0.1) is 0 Å². The number of carbonyl (C=O) groups is 2. The summed E-state index contributed by atoms with van der Waals surface area (Å²) in [7, 11) is 0. The van der Waals surface area contributed by atoms with Crippen molar-refractivity contribution in [3.8, 4) is 0 Å². The molecule has 1 atom stereocenters. The van der Waals surface area contributed by atoms with Gasteiger partial charge in [-0.1, -0.05) is 18.6 Å². The second-order valence-electron chi connectivity index (χ2n) is 5.88. The van der Waals surface area contributed by atoms with Crippen LogP contribution in [-0.4, -0.2) is 52.5 Å². The number of aromatic amines is 1. The molecular weight excluding hydrogens is 308 g/mol. The topological polar surface area (TPSA) is 87.3 Å². The lowest BCUT2D eigenvalue weighted by Crippen LogP contribution is -2.48. The maximum absolute atomic E-state index is 12.3. The van der Waals surface area contributed by atoms with Gasteiger partial charge in [0.2, 0.25) is 11.9 Å². The number of para-hydroxylation sites is 2. The molecule has 128 valence electrons. The van der Waals surface area contributed by atoms with Gasteiger partial charge in [0, 0.05) is 0 Å². The Morgan fingerprint density at radius 2 is 2.21 bits per heavy atom. The first-order valence-electron chi connectivity index (χ1n) is 8.32. The third-order valence-electron chi connectivity index (χ3n) is 4.17. The van der Waals surface area contributed by atoms with Gasteiger partial charge in [0.1, 0.15) is 6.04 Å². The van der Waals surface area contributed by atoms with Crippen molar-refractivity contribution in [1.82, 2.24) is 14.9 Å². The van der Waals surface area contributed by atoms with Gasteiger partial charge in [0.25, 0.3) is 0 Å². The van der Waals surface area contributed by atoms with E-state index in [9.17, 15) is 9.59 Å². The fourth-order valence-corrected chi connectivity index (χ4v) is 3.05. The van der Waals surface area contributed by atoms with Crippen LogP contribution in [0.5, 0.6) is 0 Å². The van der Waals surface area contributed by atoms with Gasteiger partial charge in [0.05, 0.1) is 24.2 Å². The number of fused-ring (bicyclic) bond motifs is 1. The third kappa shape index (κ3) is 3.73. The average Bonchev–Trinajstić information content (AvgIpc) is 2.97. The van der Waals surface area contributed by atoms with Gasteiger partial charge >= 0.3 is 5.97 Å². The van der Waals surface area contributed by atoms with Crippen molar-refractivity contribution in [1.29, 1.82) is 0 Å². The number of anilines is 1. The largest absolute Gasteiger partial charge is 0.465 e. The van der Waals surface area contributed by atoms with E-state index in [-0.39, 0.29) is 24.5 Å². The van der Waals surface area contributed by atoms with E-state index >= 15 is 0 Å². The van der Waals surface area contributed by atoms with Crippen LogP contribution in [-0.2, 0) is 14.3 Å². The lowest BCUT2D eigenvalue weighted by Gasteiger charge is -2.33. The molecule has 1 aromatic carbocycles. The monoisotopic (exact) mass is 330 g/mol. The minimum Gasteiger partial charge on any atom is -0.465 e. The van der Waals surface area contributed by atoms with E-state index in [2.05, 4.69) is 15.3 Å². The number of nitrogens with zero attached hydrogens (tertiary/aromatic N) is 2. The first-order valence-corrected chi connectivity index (χ1v) is 8.32. The molecule has 2 heterocycles. The van der Waals surface area contributed by atoms with Crippen LogP contribution in [0.15, 0.2) is 24.3 Å². The van der Waals surface area contributed by atoms with Gasteiger partial charge in [-0.05, 0) is 38.4 Å². The van der Waals surface area contributed by atoms with Crippen molar-refractivity contribution in [3.63, 3.8) is 0 Å². The van der Waals surface area contributed by atoms with Crippen LogP contribution < -0.4 is 5.32 Å². The van der Waals surface area contributed by atoms with Crippen LogP contribution in [0.2, 0.25) is 0 Å². The molecular formula is C17H22N4O3. The highest BCUT2D eigenvalue weighted by Gasteiger charge is 2.31. The predicted molar refractivity (Wildman–Crippen MR) is 90.6 cm³/mol. The number of hydrogen-bond acceptors (Lipinski definition) is 5. The summed E-state index contributed by atoms with van der Waals surface area (Å²) in [6.07, 6.45) is 2.69. The number of hydrogen-bond donors (Lipinski definition) is 2. The number of rotatable bonds is 5. The van der Waals surface area contributed by atoms with Gasteiger partial charge in [-0.25, -0.2) is 4.98 Å². The van der Waals surface area contributed by atoms with Crippen LogP contribution in [0.4, 0.5) is 5.95 Å².